The van der Waals surface area contributed by atoms with E-state index in [2.05, 4.69) is 20.3 Å². The van der Waals surface area contributed by atoms with Crippen LogP contribution in [0.1, 0.15) is 19.7 Å². The molecule has 0 aliphatic heterocycles. The molecular weight excluding hydrogens is 371 g/mol. The van der Waals surface area contributed by atoms with Crippen LogP contribution in [0.2, 0.25) is 0 Å². The second-order valence-corrected chi connectivity index (χ2v) is 7.27. The first-order valence-corrected chi connectivity index (χ1v) is 10.2. The fourth-order valence-corrected chi connectivity index (χ4v) is 4.33. The average molecular weight is 391 g/mol. The topological polar surface area (TPSA) is 70.1 Å². The Morgan fingerprint density at radius 3 is 2.81 bits per heavy atom. The highest BCUT2D eigenvalue weighted by Crippen LogP contribution is 2.31. The zero-order chi connectivity index (χ0) is 18.5. The molecule has 0 spiro atoms. The average Bonchev–Trinajstić information content (AvgIpc) is 3.05. The van der Waals surface area contributed by atoms with E-state index in [1.165, 1.54) is 35.2 Å². The van der Waals surface area contributed by atoms with Gasteiger partial charge in [-0.2, -0.15) is 0 Å². The van der Waals surface area contributed by atoms with Gasteiger partial charge in [0.25, 0.3) is 5.56 Å². The van der Waals surface area contributed by atoms with Crippen molar-refractivity contribution in [3.63, 3.8) is 0 Å². The number of amidine groups is 1. The number of H-pyrrole nitrogens is 1. The molecule has 0 radical (unpaired) electrons. The molecule has 2 aromatic heterocycles. The summed E-state index contributed by atoms with van der Waals surface area (Å²) in [5.74, 6) is 0.840. The predicted octanol–water partition coefficient (Wildman–Crippen LogP) is 4.01. The lowest BCUT2D eigenvalue weighted by Crippen LogP contribution is -2.20. The molecule has 0 amide bonds. The molecule has 0 aliphatic rings. The molecule has 3 aromatic rings. The van der Waals surface area contributed by atoms with Crippen molar-refractivity contribution < 1.29 is 4.39 Å². The summed E-state index contributed by atoms with van der Waals surface area (Å²) in [5, 5.41) is 6.48. The van der Waals surface area contributed by atoms with Gasteiger partial charge >= 0.3 is 0 Å². The van der Waals surface area contributed by atoms with Gasteiger partial charge in [-0.1, -0.05) is 23.9 Å². The van der Waals surface area contributed by atoms with E-state index in [9.17, 15) is 9.18 Å². The zero-order valence-electron chi connectivity index (χ0n) is 14.5. The molecule has 5 nitrogen and oxygen atoms in total. The smallest absolute Gasteiger partial charge is 0.260 e. The second kappa shape index (κ2) is 8.46. The number of thiophene rings is 1. The highest BCUT2D eigenvalue weighted by atomic mass is 32.2. The molecule has 3 rings (SSSR count). The van der Waals surface area contributed by atoms with Crippen LogP contribution >= 0.6 is 23.1 Å². The van der Waals surface area contributed by atoms with E-state index < -0.39 is 0 Å². The lowest BCUT2D eigenvalue weighted by Gasteiger charge is -2.07. The Bertz CT molecular complexity index is 979. The number of halogens is 1. The van der Waals surface area contributed by atoms with Gasteiger partial charge in [0.15, 0.2) is 5.17 Å². The van der Waals surface area contributed by atoms with Gasteiger partial charge in [0.2, 0.25) is 0 Å². The molecule has 0 fully saturated rings. The molecular formula is C18H19FN4OS2. The van der Waals surface area contributed by atoms with Gasteiger partial charge in [-0.05, 0) is 31.5 Å². The first-order chi connectivity index (χ1) is 12.6. The van der Waals surface area contributed by atoms with Crippen molar-refractivity contribution in [2.75, 3.05) is 13.1 Å². The van der Waals surface area contributed by atoms with Crippen LogP contribution in [0, 0.1) is 5.82 Å². The van der Waals surface area contributed by atoms with E-state index in [0.29, 0.717) is 28.3 Å². The van der Waals surface area contributed by atoms with Gasteiger partial charge in [-0.25, -0.2) is 9.37 Å². The molecule has 136 valence electrons. The Hall–Kier alpha value is -2.19. The molecule has 0 atom stereocenters. The Labute approximate surface area is 158 Å². The molecule has 1 aromatic carbocycles. The zero-order valence-corrected chi connectivity index (χ0v) is 16.1. The maximum Gasteiger partial charge on any atom is 0.260 e. The van der Waals surface area contributed by atoms with Crippen LogP contribution in [0.25, 0.3) is 21.3 Å². The van der Waals surface area contributed by atoms with Crippen LogP contribution in [-0.4, -0.2) is 28.2 Å². The van der Waals surface area contributed by atoms with Crippen LogP contribution in [0.15, 0.2) is 39.4 Å². The Morgan fingerprint density at radius 2 is 2.12 bits per heavy atom. The fourth-order valence-electron chi connectivity index (χ4n) is 2.49. The monoisotopic (exact) mass is 390 g/mol. The molecule has 0 unspecified atom stereocenters. The summed E-state index contributed by atoms with van der Waals surface area (Å²) in [6.45, 7) is 5.48. The number of aromatic amines is 1. The van der Waals surface area contributed by atoms with Crippen molar-refractivity contribution >= 4 is 38.5 Å². The van der Waals surface area contributed by atoms with Gasteiger partial charge in [-0.15, -0.1) is 11.3 Å². The van der Waals surface area contributed by atoms with Crippen molar-refractivity contribution in [3.05, 3.63) is 51.6 Å². The molecule has 0 saturated carbocycles. The number of nitrogens with zero attached hydrogens (tertiary/aromatic N) is 2. The first kappa shape index (κ1) is 18.6. The number of hydrogen-bond donors (Lipinski definition) is 2. The van der Waals surface area contributed by atoms with Crippen LogP contribution in [0.5, 0.6) is 0 Å². The maximum atomic E-state index is 13.1. The quantitative estimate of drug-likeness (QED) is 0.510. The number of rotatable bonds is 5. The van der Waals surface area contributed by atoms with Crippen LogP contribution in [0.3, 0.4) is 0 Å². The van der Waals surface area contributed by atoms with Gasteiger partial charge < -0.3 is 10.3 Å². The molecule has 0 saturated heterocycles. The minimum absolute atomic E-state index is 0.177. The summed E-state index contributed by atoms with van der Waals surface area (Å²) in [5.41, 5.74) is 1.40. The summed E-state index contributed by atoms with van der Waals surface area (Å²) in [4.78, 5) is 25.1. The van der Waals surface area contributed by atoms with Crippen molar-refractivity contribution in [2.24, 2.45) is 4.99 Å². The molecule has 26 heavy (non-hydrogen) atoms. The molecule has 0 aliphatic carbocycles. The number of hydrogen-bond acceptors (Lipinski definition) is 5. The number of benzene rings is 1. The Kier molecular flexibility index (Phi) is 6.05. The third kappa shape index (κ3) is 4.13. The highest BCUT2D eigenvalue weighted by molar-refractivity contribution is 8.13. The van der Waals surface area contributed by atoms with Gasteiger partial charge in [0, 0.05) is 24.0 Å². The molecule has 8 heteroatoms. The van der Waals surface area contributed by atoms with Crippen molar-refractivity contribution in [1.82, 2.24) is 15.3 Å². The van der Waals surface area contributed by atoms with Crippen molar-refractivity contribution in [2.45, 2.75) is 19.6 Å². The number of thioether (sulfide) groups is 1. The van der Waals surface area contributed by atoms with Crippen LogP contribution in [-0.2, 0) is 5.75 Å². The normalized spacial score (nSPS) is 11.9. The fraction of sp³-hybridized carbons (Fsp3) is 0.278. The minimum Gasteiger partial charge on any atom is -0.365 e. The van der Waals surface area contributed by atoms with Crippen molar-refractivity contribution in [1.29, 1.82) is 0 Å². The lowest BCUT2D eigenvalue weighted by molar-refractivity contribution is 0.628. The predicted molar refractivity (Wildman–Crippen MR) is 109 cm³/mol. The lowest BCUT2D eigenvalue weighted by atomic mass is 10.1. The molecule has 2 heterocycles. The number of aromatic nitrogens is 2. The number of nitrogens with one attached hydrogen (secondary N) is 2. The van der Waals surface area contributed by atoms with Gasteiger partial charge in [-0.3, -0.25) is 9.79 Å². The van der Waals surface area contributed by atoms with Gasteiger partial charge in [0.1, 0.15) is 16.5 Å². The largest absolute Gasteiger partial charge is 0.365 e. The maximum absolute atomic E-state index is 13.1. The third-order valence-electron chi connectivity index (χ3n) is 3.62. The van der Waals surface area contributed by atoms with Gasteiger partial charge in [0.05, 0.1) is 11.1 Å². The van der Waals surface area contributed by atoms with E-state index in [-0.39, 0.29) is 11.4 Å². The Morgan fingerprint density at radius 1 is 1.35 bits per heavy atom. The van der Waals surface area contributed by atoms with E-state index >= 15 is 0 Å². The van der Waals surface area contributed by atoms with Crippen LogP contribution in [0.4, 0.5) is 4.39 Å². The molecule has 2 N–H and O–H groups in total. The van der Waals surface area contributed by atoms with E-state index in [0.717, 1.165) is 22.8 Å². The number of fused-ring (bicyclic) bond motifs is 1. The van der Waals surface area contributed by atoms with Crippen LogP contribution < -0.4 is 10.9 Å². The second-order valence-electron chi connectivity index (χ2n) is 5.45. The summed E-state index contributed by atoms with van der Waals surface area (Å²) in [6, 6.07) is 6.12. The summed E-state index contributed by atoms with van der Waals surface area (Å²) < 4.78 is 13.1. The summed E-state index contributed by atoms with van der Waals surface area (Å²) >= 11 is 2.93. The first-order valence-electron chi connectivity index (χ1n) is 8.29. The van der Waals surface area contributed by atoms with E-state index in [1.807, 2.05) is 19.2 Å². The Balaban J connectivity index is 1.89. The highest BCUT2D eigenvalue weighted by Gasteiger charge is 2.13. The summed E-state index contributed by atoms with van der Waals surface area (Å²) in [6.07, 6.45) is 0. The number of aliphatic imine (C=N–C) groups is 1. The van der Waals surface area contributed by atoms with Crippen molar-refractivity contribution in [3.8, 4) is 11.1 Å². The summed E-state index contributed by atoms with van der Waals surface area (Å²) in [7, 11) is 0. The minimum atomic E-state index is -0.301. The van der Waals surface area contributed by atoms with E-state index in [4.69, 9.17) is 0 Å². The van der Waals surface area contributed by atoms with E-state index in [1.54, 1.807) is 12.1 Å². The SMILES string of the molecule is CCN=C(NCC)SCc1nc2scc(-c3ccc(F)cc3)c2c(=O)[nH]1. The molecule has 0 bridgehead atoms. The standard InChI is InChI=1S/C18H19FN4OS2/c1-3-20-18(21-4-2)26-10-14-22-16(24)15-13(9-25-17(15)23-14)11-5-7-12(19)8-6-11/h5-9H,3-4,10H2,1-2H3,(H,20,21)(H,22,23,24). The third-order valence-corrected chi connectivity index (χ3v) is 5.46.